The van der Waals surface area contributed by atoms with Crippen molar-refractivity contribution in [1.82, 2.24) is 0 Å². The van der Waals surface area contributed by atoms with Gasteiger partial charge < -0.3 is 20.3 Å². The number of aliphatic hydroxyl groups excluding tert-OH is 1. The van der Waals surface area contributed by atoms with E-state index in [0.29, 0.717) is 23.7 Å². The molecule has 1 aliphatic heterocycles. The molecule has 0 amide bonds. The van der Waals surface area contributed by atoms with Gasteiger partial charge in [0, 0.05) is 5.56 Å². The highest BCUT2D eigenvalue weighted by molar-refractivity contribution is 5.49. The maximum Gasteiger partial charge on any atom is 0.167 e. The van der Waals surface area contributed by atoms with Crippen LogP contribution in [0, 0.1) is 0 Å². The predicted molar refractivity (Wildman–Crippen MR) is 51.4 cm³/mol. The molecule has 0 spiro atoms. The zero-order chi connectivity index (χ0) is 10.1. The number of methoxy groups -OCH3 is 1. The molecule has 0 unspecified atom stereocenters. The van der Waals surface area contributed by atoms with Gasteiger partial charge in [0.25, 0.3) is 0 Å². The van der Waals surface area contributed by atoms with E-state index in [9.17, 15) is 5.11 Å². The van der Waals surface area contributed by atoms with E-state index in [2.05, 4.69) is 0 Å². The van der Waals surface area contributed by atoms with Crippen LogP contribution >= 0.6 is 0 Å². The van der Waals surface area contributed by atoms with Gasteiger partial charge in [0.15, 0.2) is 11.5 Å². The van der Waals surface area contributed by atoms with Crippen molar-refractivity contribution in [3.8, 4) is 11.5 Å². The first-order valence-corrected chi connectivity index (χ1v) is 4.47. The highest BCUT2D eigenvalue weighted by Crippen LogP contribution is 2.38. The maximum absolute atomic E-state index is 9.79. The van der Waals surface area contributed by atoms with Crippen LogP contribution in [0.2, 0.25) is 0 Å². The molecule has 0 radical (unpaired) electrons. The van der Waals surface area contributed by atoms with E-state index in [1.807, 2.05) is 6.07 Å². The van der Waals surface area contributed by atoms with Gasteiger partial charge in [-0.1, -0.05) is 12.1 Å². The summed E-state index contributed by atoms with van der Waals surface area (Å²) in [6, 6.07) is 5.03. The molecule has 1 aromatic carbocycles. The Bertz CT molecular complexity index is 340. The van der Waals surface area contributed by atoms with Crippen LogP contribution in [0.15, 0.2) is 18.2 Å². The second-order valence-electron chi connectivity index (χ2n) is 3.30. The molecule has 0 bridgehead atoms. The fourth-order valence-corrected chi connectivity index (χ4v) is 1.58. The Balaban J connectivity index is 2.47. The van der Waals surface area contributed by atoms with Gasteiger partial charge in [-0.05, 0) is 6.07 Å². The van der Waals surface area contributed by atoms with Crippen molar-refractivity contribution < 1.29 is 14.6 Å². The molecule has 4 heteroatoms. The standard InChI is InChI=1S/C10H13NO3/c1-13-8-4-2-3-6-9(12)7(11)5-14-10(6)8/h2-4,7,9,12H,5,11H2,1H3/t7-,9-/m0/s1. The van der Waals surface area contributed by atoms with Crippen LogP contribution in [0.3, 0.4) is 0 Å². The van der Waals surface area contributed by atoms with E-state index in [0.717, 1.165) is 0 Å². The molecule has 2 rings (SSSR count). The third-order valence-corrected chi connectivity index (χ3v) is 2.37. The zero-order valence-corrected chi connectivity index (χ0v) is 7.93. The van der Waals surface area contributed by atoms with Crippen molar-refractivity contribution in [2.75, 3.05) is 13.7 Å². The summed E-state index contributed by atoms with van der Waals surface area (Å²) in [4.78, 5) is 0. The monoisotopic (exact) mass is 195 g/mol. The van der Waals surface area contributed by atoms with Crippen molar-refractivity contribution in [2.24, 2.45) is 5.73 Å². The van der Waals surface area contributed by atoms with Crippen molar-refractivity contribution in [2.45, 2.75) is 12.1 Å². The number of benzene rings is 1. The Morgan fingerprint density at radius 1 is 1.57 bits per heavy atom. The maximum atomic E-state index is 9.79. The van der Waals surface area contributed by atoms with E-state index in [-0.39, 0.29) is 6.04 Å². The minimum Gasteiger partial charge on any atom is -0.493 e. The number of rotatable bonds is 1. The minimum atomic E-state index is -0.672. The molecule has 1 aromatic rings. The molecule has 0 saturated heterocycles. The molecular formula is C10H13NO3. The Morgan fingerprint density at radius 3 is 3.07 bits per heavy atom. The first-order chi connectivity index (χ1) is 6.74. The van der Waals surface area contributed by atoms with Crippen LogP contribution in [-0.4, -0.2) is 24.9 Å². The Morgan fingerprint density at radius 2 is 2.36 bits per heavy atom. The number of hydrogen-bond acceptors (Lipinski definition) is 4. The first-order valence-electron chi connectivity index (χ1n) is 4.47. The topological polar surface area (TPSA) is 64.7 Å². The van der Waals surface area contributed by atoms with Gasteiger partial charge in [0.2, 0.25) is 0 Å². The van der Waals surface area contributed by atoms with Crippen LogP contribution < -0.4 is 15.2 Å². The smallest absolute Gasteiger partial charge is 0.167 e. The second kappa shape index (κ2) is 3.48. The number of nitrogens with two attached hydrogens (primary N) is 1. The zero-order valence-electron chi connectivity index (χ0n) is 7.93. The van der Waals surface area contributed by atoms with Gasteiger partial charge in [0.05, 0.1) is 13.2 Å². The minimum absolute atomic E-state index is 0.314. The third-order valence-electron chi connectivity index (χ3n) is 2.37. The second-order valence-corrected chi connectivity index (χ2v) is 3.30. The van der Waals surface area contributed by atoms with E-state index in [1.54, 1.807) is 19.2 Å². The summed E-state index contributed by atoms with van der Waals surface area (Å²) >= 11 is 0. The number of aliphatic hydroxyl groups is 1. The molecule has 0 aliphatic carbocycles. The summed E-state index contributed by atoms with van der Waals surface area (Å²) in [6.45, 7) is 0.314. The van der Waals surface area contributed by atoms with E-state index < -0.39 is 6.10 Å². The van der Waals surface area contributed by atoms with Gasteiger partial charge in [0.1, 0.15) is 12.7 Å². The lowest BCUT2D eigenvalue weighted by Crippen LogP contribution is -2.38. The molecule has 76 valence electrons. The SMILES string of the molecule is COc1cccc2c1OC[C@H](N)[C@H]2O. The van der Waals surface area contributed by atoms with Gasteiger partial charge in [-0.2, -0.15) is 0 Å². The van der Waals surface area contributed by atoms with Crippen LogP contribution in [0.25, 0.3) is 0 Å². The van der Waals surface area contributed by atoms with Gasteiger partial charge in [-0.25, -0.2) is 0 Å². The lowest BCUT2D eigenvalue weighted by atomic mass is 9.99. The average Bonchev–Trinajstić information content (AvgIpc) is 2.23. The quantitative estimate of drug-likeness (QED) is 0.682. The van der Waals surface area contributed by atoms with Gasteiger partial charge in [-0.3, -0.25) is 0 Å². The van der Waals surface area contributed by atoms with Crippen molar-refractivity contribution in [1.29, 1.82) is 0 Å². The molecule has 4 nitrogen and oxygen atoms in total. The summed E-state index contributed by atoms with van der Waals surface area (Å²) in [6.07, 6.45) is -0.672. The van der Waals surface area contributed by atoms with Gasteiger partial charge in [-0.15, -0.1) is 0 Å². The van der Waals surface area contributed by atoms with Crippen LogP contribution in [0.5, 0.6) is 11.5 Å². The number of hydrogen-bond donors (Lipinski definition) is 2. The Labute approximate surface area is 82.2 Å². The van der Waals surface area contributed by atoms with Gasteiger partial charge >= 0.3 is 0 Å². The number of para-hydroxylation sites is 1. The fourth-order valence-electron chi connectivity index (χ4n) is 1.58. The Kier molecular flexibility index (Phi) is 2.31. The molecule has 1 heterocycles. The van der Waals surface area contributed by atoms with Crippen molar-refractivity contribution in [3.63, 3.8) is 0 Å². The molecule has 3 N–H and O–H groups in total. The summed E-state index contributed by atoms with van der Waals surface area (Å²) in [5.74, 6) is 1.23. The molecule has 1 aliphatic rings. The Hall–Kier alpha value is -1.26. The summed E-state index contributed by atoms with van der Waals surface area (Å²) in [7, 11) is 1.57. The molecule has 2 atom stereocenters. The number of fused-ring (bicyclic) bond motifs is 1. The molecule has 14 heavy (non-hydrogen) atoms. The summed E-state index contributed by atoms with van der Waals surface area (Å²) in [5, 5.41) is 9.79. The highest BCUT2D eigenvalue weighted by Gasteiger charge is 2.28. The lowest BCUT2D eigenvalue weighted by Gasteiger charge is -2.28. The molecule has 0 fully saturated rings. The number of ether oxygens (including phenoxy) is 2. The predicted octanol–water partition coefficient (Wildman–Crippen LogP) is 0.448. The highest BCUT2D eigenvalue weighted by atomic mass is 16.5. The first kappa shape index (κ1) is 9.30. The van der Waals surface area contributed by atoms with Crippen LogP contribution in [0.4, 0.5) is 0 Å². The normalized spacial score (nSPS) is 25.1. The molecule has 0 saturated carbocycles. The van der Waals surface area contributed by atoms with E-state index >= 15 is 0 Å². The van der Waals surface area contributed by atoms with Crippen molar-refractivity contribution >= 4 is 0 Å². The lowest BCUT2D eigenvalue weighted by molar-refractivity contribution is 0.0893. The summed E-state index contributed by atoms with van der Waals surface area (Å²) in [5.41, 5.74) is 6.37. The third kappa shape index (κ3) is 1.32. The summed E-state index contributed by atoms with van der Waals surface area (Å²) < 4.78 is 10.5. The van der Waals surface area contributed by atoms with Crippen LogP contribution in [-0.2, 0) is 0 Å². The molecule has 0 aromatic heterocycles. The van der Waals surface area contributed by atoms with E-state index in [4.69, 9.17) is 15.2 Å². The fraction of sp³-hybridized carbons (Fsp3) is 0.400. The average molecular weight is 195 g/mol. The van der Waals surface area contributed by atoms with Crippen LogP contribution in [0.1, 0.15) is 11.7 Å². The van der Waals surface area contributed by atoms with E-state index in [1.165, 1.54) is 0 Å². The molecular weight excluding hydrogens is 182 g/mol. The van der Waals surface area contributed by atoms with Crippen molar-refractivity contribution in [3.05, 3.63) is 23.8 Å². The largest absolute Gasteiger partial charge is 0.493 e.